The predicted molar refractivity (Wildman–Crippen MR) is 86.0 cm³/mol. The Balaban J connectivity index is 2.31. The third-order valence-corrected chi connectivity index (χ3v) is 6.61. The zero-order valence-corrected chi connectivity index (χ0v) is 14.1. The molecular formula is C15H23ClN2O2S. The molecule has 0 atom stereocenters. The van der Waals surface area contributed by atoms with Crippen molar-refractivity contribution in [2.45, 2.75) is 56.5 Å². The highest BCUT2D eigenvalue weighted by Gasteiger charge is 2.33. The van der Waals surface area contributed by atoms with Crippen LogP contribution in [0.4, 0.5) is 0 Å². The minimum absolute atomic E-state index is 0.0508. The maximum absolute atomic E-state index is 12.9. The van der Waals surface area contributed by atoms with Crippen LogP contribution in [-0.2, 0) is 10.0 Å². The van der Waals surface area contributed by atoms with Gasteiger partial charge in [-0.3, -0.25) is 0 Å². The molecule has 1 aliphatic rings. The zero-order chi connectivity index (χ0) is 15.6. The monoisotopic (exact) mass is 330 g/mol. The van der Waals surface area contributed by atoms with Crippen molar-refractivity contribution < 1.29 is 8.42 Å². The molecule has 6 heteroatoms. The number of nitrogens with zero attached hydrogens (tertiary/aromatic N) is 1. The molecule has 1 aromatic carbocycles. The average Bonchev–Trinajstić information content (AvgIpc) is 2.41. The van der Waals surface area contributed by atoms with E-state index in [2.05, 4.69) is 0 Å². The number of aryl methyl sites for hydroxylation is 1. The van der Waals surface area contributed by atoms with Crippen LogP contribution in [0.3, 0.4) is 0 Å². The Kier molecular flexibility index (Phi) is 5.30. The van der Waals surface area contributed by atoms with Crippen LogP contribution in [0.1, 0.15) is 38.2 Å². The van der Waals surface area contributed by atoms with Gasteiger partial charge in [0.05, 0.1) is 4.90 Å². The van der Waals surface area contributed by atoms with Crippen molar-refractivity contribution in [2.24, 2.45) is 5.73 Å². The molecule has 1 aromatic rings. The van der Waals surface area contributed by atoms with E-state index in [9.17, 15) is 8.42 Å². The van der Waals surface area contributed by atoms with Crippen LogP contribution >= 0.6 is 11.6 Å². The Morgan fingerprint density at radius 1 is 1.29 bits per heavy atom. The van der Waals surface area contributed by atoms with Gasteiger partial charge in [0.15, 0.2) is 0 Å². The molecule has 1 saturated carbocycles. The molecular weight excluding hydrogens is 308 g/mol. The molecule has 0 heterocycles. The molecule has 4 nitrogen and oxygen atoms in total. The van der Waals surface area contributed by atoms with E-state index in [0.29, 0.717) is 22.0 Å². The minimum Gasteiger partial charge on any atom is -0.328 e. The van der Waals surface area contributed by atoms with E-state index in [0.717, 1.165) is 25.7 Å². The van der Waals surface area contributed by atoms with Gasteiger partial charge in [0.1, 0.15) is 0 Å². The Morgan fingerprint density at radius 3 is 2.43 bits per heavy atom. The first-order valence-corrected chi connectivity index (χ1v) is 9.21. The van der Waals surface area contributed by atoms with Crippen LogP contribution in [0.2, 0.25) is 5.02 Å². The quantitative estimate of drug-likeness (QED) is 0.923. The number of rotatable bonds is 4. The average molecular weight is 331 g/mol. The topological polar surface area (TPSA) is 63.4 Å². The Morgan fingerprint density at radius 2 is 1.90 bits per heavy atom. The lowest BCUT2D eigenvalue weighted by molar-refractivity contribution is 0.247. The standard InChI is InChI=1S/C15H23ClN2O2S/c1-3-18(14-7-5-13(17)6-8-14)21(19,20)15-9-4-12(16)10-11(15)2/h4,9-10,13-14H,3,5-8,17H2,1-2H3. The fraction of sp³-hybridized carbons (Fsp3) is 0.600. The lowest BCUT2D eigenvalue weighted by Gasteiger charge is -2.34. The van der Waals surface area contributed by atoms with Crippen molar-refractivity contribution in [1.29, 1.82) is 0 Å². The van der Waals surface area contributed by atoms with Crippen molar-refractivity contribution >= 4 is 21.6 Å². The van der Waals surface area contributed by atoms with Crippen LogP contribution in [0, 0.1) is 6.92 Å². The summed E-state index contributed by atoms with van der Waals surface area (Å²) in [6.45, 7) is 4.14. The second-order valence-electron chi connectivity index (χ2n) is 5.69. The molecule has 0 bridgehead atoms. The SMILES string of the molecule is CCN(C1CCC(N)CC1)S(=O)(=O)c1ccc(Cl)cc1C. The van der Waals surface area contributed by atoms with Crippen LogP contribution in [0.5, 0.6) is 0 Å². The van der Waals surface area contributed by atoms with E-state index in [4.69, 9.17) is 17.3 Å². The first-order valence-electron chi connectivity index (χ1n) is 7.39. The normalized spacial score (nSPS) is 23.5. The summed E-state index contributed by atoms with van der Waals surface area (Å²) >= 11 is 5.92. The van der Waals surface area contributed by atoms with Gasteiger partial charge in [-0.15, -0.1) is 0 Å². The van der Waals surface area contributed by atoms with Gasteiger partial charge in [-0.2, -0.15) is 4.31 Å². The summed E-state index contributed by atoms with van der Waals surface area (Å²) in [7, 11) is -3.48. The van der Waals surface area contributed by atoms with E-state index < -0.39 is 10.0 Å². The van der Waals surface area contributed by atoms with Crippen LogP contribution in [0.15, 0.2) is 23.1 Å². The molecule has 0 spiro atoms. The van der Waals surface area contributed by atoms with Crippen LogP contribution in [0.25, 0.3) is 0 Å². The number of hydrogen-bond acceptors (Lipinski definition) is 3. The summed E-state index contributed by atoms with van der Waals surface area (Å²) in [5.41, 5.74) is 6.61. The van der Waals surface area contributed by atoms with Gasteiger partial charge in [-0.05, 0) is 56.4 Å². The fourth-order valence-electron chi connectivity index (χ4n) is 3.04. The molecule has 1 fully saturated rings. The molecule has 0 amide bonds. The first kappa shape index (κ1) is 16.7. The number of halogens is 1. The third kappa shape index (κ3) is 3.59. The molecule has 1 aliphatic carbocycles. The van der Waals surface area contributed by atoms with Gasteiger partial charge in [0.25, 0.3) is 0 Å². The van der Waals surface area contributed by atoms with Crippen molar-refractivity contribution in [3.05, 3.63) is 28.8 Å². The molecule has 0 aliphatic heterocycles. The van der Waals surface area contributed by atoms with Crippen LogP contribution in [-0.4, -0.2) is 31.4 Å². The maximum atomic E-state index is 12.9. The molecule has 0 saturated heterocycles. The van der Waals surface area contributed by atoms with E-state index in [1.54, 1.807) is 29.4 Å². The fourth-order valence-corrected chi connectivity index (χ4v) is 5.17. The second-order valence-corrected chi connectivity index (χ2v) is 7.98. The summed E-state index contributed by atoms with van der Waals surface area (Å²) in [4.78, 5) is 0.351. The largest absolute Gasteiger partial charge is 0.328 e. The van der Waals surface area contributed by atoms with Gasteiger partial charge in [0, 0.05) is 23.7 Å². The van der Waals surface area contributed by atoms with E-state index in [-0.39, 0.29) is 12.1 Å². The van der Waals surface area contributed by atoms with Gasteiger partial charge in [-0.1, -0.05) is 18.5 Å². The number of sulfonamides is 1. The molecule has 0 radical (unpaired) electrons. The van der Waals surface area contributed by atoms with Crippen molar-refractivity contribution in [3.8, 4) is 0 Å². The molecule has 21 heavy (non-hydrogen) atoms. The van der Waals surface area contributed by atoms with Gasteiger partial charge in [0.2, 0.25) is 10.0 Å². The van der Waals surface area contributed by atoms with Gasteiger partial charge >= 0.3 is 0 Å². The van der Waals surface area contributed by atoms with E-state index in [1.807, 2.05) is 6.92 Å². The Bertz CT molecular complexity index is 596. The molecule has 0 unspecified atom stereocenters. The minimum atomic E-state index is -3.48. The summed E-state index contributed by atoms with van der Waals surface area (Å²) in [5.74, 6) is 0. The highest BCUT2D eigenvalue weighted by atomic mass is 35.5. The second kappa shape index (κ2) is 6.65. The molecule has 118 valence electrons. The number of nitrogens with two attached hydrogens (primary N) is 1. The number of hydrogen-bond donors (Lipinski definition) is 1. The lowest BCUT2D eigenvalue weighted by Crippen LogP contribution is -2.44. The highest BCUT2D eigenvalue weighted by Crippen LogP contribution is 2.29. The zero-order valence-electron chi connectivity index (χ0n) is 12.5. The van der Waals surface area contributed by atoms with Crippen molar-refractivity contribution in [3.63, 3.8) is 0 Å². The van der Waals surface area contributed by atoms with Gasteiger partial charge in [-0.25, -0.2) is 8.42 Å². The summed E-state index contributed by atoms with van der Waals surface area (Å²) < 4.78 is 27.5. The first-order chi connectivity index (χ1) is 9.86. The highest BCUT2D eigenvalue weighted by molar-refractivity contribution is 7.89. The van der Waals surface area contributed by atoms with E-state index >= 15 is 0 Å². The van der Waals surface area contributed by atoms with Crippen molar-refractivity contribution in [1.82, 2.24) is 4.31 Å². The lowest BCUT2D eigenvalue weighted by atomic mass is 9.92. The Labute approximate surface area is 132 Å². The summed E-state index contributed by atoms with van der Waals surface area (Å²) in [5, 5.41) is 0.554. The molecule has 2 N–H and O–H groups in total. The molecule has 0 aromatic heterocycles. The van der Waals surface area contributed by atoms with Crippen LogP contribution < -0.4 is 5.73 Å². The number of benzene rings is 1. The maximum Gasteiger partial charge on any atom is 0.243 e. The summed E-state index contributed by atoms with van der Waals surface area (Å²) in [6, 6.07) is 5.19. The summed E-state index contributed by atoms with van der Waals surface area (Å²) in [6.07, 6.45) is 3.44. The van der Waals surface area contributed by atoms with E-state index in [1.165, 1.54) is 0 Å². The van der Waals surface area contributed by atoms with Crippen molar-refractivity contribution in [2.75, 3.05) is 6.54 Å². The predicted octanol–water partition coefficient (Wildman–Crippen LogP) is 2.93. The Hall–Kier alpha value is -0.620. The molecule has 2 rings (SSSR count). The smallest absolute Gasteiger partial charge is 0.243 e. The third-order valence-electron chi connectivity index (χ3n) is 4.18. The van der Waals surface area contributed by atoms with Gasteiger partial charge < -0.3 is 5.73 Å².